The van der Waals surface area contributed by atoms with Crippen LogP contribution in [0.25, 0.3) is 17.4 Å². The summed E-state index contributed by atoms with van der Waals surface area (Å²) in [5.41, 5.74) is 1.21. The van der Waals surface area contributed by atoms with Crippen LogP contribution in [0.1, 0.15) is 19.1 Å². The molecule has 124 valence electrons. The molecule has 2 heterocycles. The van der Waals surface area contributed by atoms with Crippen molar-refractivity contribution < 1.29 is 9.21 Å². The number of furan rings is 1. The minimum absolute atomic E-state index is 0.144. The Morgan fingerprint density at radius 3 is 2.75 bits per heavy atom. The van der Waals surface area contributed by atoms with E-state index in [1.807, 2.05) is 19.1 Å². The Hall–Kier alpha value is -1.82. The molecule has 4 nitrogen and oxygen atoms in total. The summed E-state index contributed by atoms with van der Waals surface area (Å²) in [6.45, 7) is 2.59. The molecule has 1 amide bonds. The van der Waals surface area contributed by atoms with Gasteiger partial charge in [0.05, 0.1) is 10.0 Å². The smallest absolute Gasteiger partial charge is 0.276 e. The molecule has 0 aliphatic carbocycles. The number of nitrogens with zero attached hydrogens (tertiary/aromatic N) is 1. The van der Waals surface area contributed by atoms with Crippen molar-refractivity contribution >= 4 is 52.5 Å². The van der Waals surface area contributed by atoms with E-state index in [1.54, 1.807) is 29.2 Å². The van der Waals surface area contributed by atoms with Gasteiger partial charge < -0.3 is 9.73 Å². The van der Waals surface area contributed by atoms with Crippen LogP contribution >= 0.6 is 35.4 Å². The monoisotopic (exact) mass is 380 g/mol. The average Bonchev–Trinajstić information content (AvgIpc) is 3.11. The Kier molecular flexibility index (Phi) is 4.94. The summed E-state index contributed by atoms with van der Waals surface area (Å²) in [5.74, 6) is 1.04. The van der Waals surface area contributed by atoms with Gasteiger partial charge in [0, 0.05) is 18.2 Å². The normalized spacial score (nSPS) is 16.1. The SMILES string of the molecule is CCCN1C(=O)/C(=C/c2ccc(-c3ccc(Cl)c(Cl)c3)o2)NC1=S. The Morgan fingerprint density at radius 2 is 2.04 bits per heavy atom. The van der Waals surface area contributed by atoms with Crippen molar-refractivity contribution in [3.63, 3.8) is 0 Å². The standard InChI is InChI=1S/C17H14Cl2N2O2S/c1-2-7-21-16(22)14(20-17(21)24)9-11-4-6-15(23-11)10-3-5-12(18)13(19)8-10/h3-6,8-9H,2,7H2,1H3,(H,20,24)/b14-9-. The number of carbonyl (C=O) groups is 1. The maximum Gasteiger partial charge on any atom is 0.276 e. The molecule has 1 aliphatic heterocycles. The number of nitrogens with one attached hydrogen (secondary N) is 1. The van der Waals surface area contributed by atoms with Gasteiger partial charge in [-0.25, -0.2) is 0 Å². The third-order valence-corrected chi connectivity index (χ3v) is 4.59. The van der Waals surface area contributed by atoms with Gasteiger partial charge in [-0.1, -0.05) is 30.1 Å². The molecular formula is C17H14Cl2N2O2S. The lowest BCUT2D eigenvalue weighted by atomic mass is 10.2. The van der Waals surface area contributed by atoms with Crippen molar-refractivity contribution in [3.05, 3.63) is 51.8 Å². The fourth-order valence-electron chi connectivity index (χ4n) is 2.38. The van der Waals surface area contributed by atoms with Crippen LogP contribution in [-0.2, 0) is 4.79 Å². The van der Waals surface area contributed by atoms with E-state index in [-0.39, 0.29) is 5.91 Å². The van der Waals surface area contributed by atoms with Crippen molar-refractivity contribution in [2.75, 3.05) is 6.54 Å². The minimum atomic E-state index is -0.144. The van der Waals surface area contributed by atoms with Gasteiger partial charge in [0.15, 0.2) is 5.11 Å². The number of amides is 1. The number of thiocarbonyl (C=S) groups is 1. The van der Waals surface area contributed by atoms with Crippen molar-refractivity contribution in [3.8, 4) is 11.3 Å². The summed E-state index contributed by atoms with van der Waals surface area (Å²) in [5, 5.41) is 4.29. The maximum atomic E-state index is 12.3. The average molecular weight is 381 g/mol. The fraction of sp³-hybridized carbons (Fsp3) is 0.176. The van der Waals surface area contributed by atoms with Gasteiger partial charge in [-0.3, -0.25) is 9.69 Å². The van der Waals surface area contributed by atoms with E-state index in [0.717, 1.165) is 12.0 Å². The number of rotatable bonds is 4. The molecule has 1 saturated heterocycles. The second kappa shape index (κ2) is 6.97. The number of hydrogen-bond acceptors (Lipinski definition) is 3. The highest BCUT2D eigenvalue weighted by atomic mass is 35.5. The summed E-state index contributed by atoms with van der Waals surface area (Å²) < 4.78 is 5.77. The third kappa shape index (κ3) is 3.34. The van der Waals surface area contributed by atoms with E-state index in [4.69, 9.17) is 39.8 Å². The predicted octanol–water partition coefficient (Wildman–Crippen LogP) is 4.72. The van der Waals surface area contributed by atoms with Crippen molar-refractivity contribution in [2.24, 2.45) is 0 Å². The maximum absolute atomic E-state index is 12.3. The molecule has 0 spiro atoms. The van der Waals surface area contributed by atoms with Gasteiger partial charge in [-0.15, -0.1) is 0 Å². The highest BCUT2D eigenvalue weighted by Gasteiger charge is 2.29. The van der Waals surface area contributed by atoms with Gasteiger partial charge in [0.2, 0.25) is 0 Å². The number of halogens is 2. The lowest BCUT2D eigenvalue weighted by Crippen LogP contribution is -2.31. The van der Waals surface area contributed by atoms with Crippen LogP contribution < -0.4 is 5.32 Å². The van der Waals surface area contributed by atoms with Crippen LogP contribution in [0.2, 0.25) is 10.0 Å². The Bertz CT molecular complexity index is 845. The molecular weight excluding hydrogens is 367 g/mol. The second-order valence-electron chi connectivity index (χ2n) is 5.28. The van der Waals surface area contributed by atoms with E-state index >= 15 is 0 Å². The zero-order valence-corrected chi connectivity index (χ0v) is 15.1. The molecule has 0 unspecified atom stereocenters. The van der Waals surface area contributed by atoms with Crippen LogP contribution in [-0.4, -0.2) is 22.5 Å². The molecule has 0 atom stereocenters. The molecule has 1 aromatic heterocycles. The lowest BCUT2D eigenvalue weighted by molar-refractivity contribution is -0.122. The van der Waals surface area contributed by atoms with Crippen LogP contribution in [0.4, 0.5) is 0 Å². The lowest BCUT2D eigenvalue weighted by Gasteiger charge is -2.11. The molecule has 7 heteroatoms. The molecule has 1 aliphatic rings. The molecule has 1 aromatic carbocycles. The molecule has 0 bridgehead atoms. The number of benzene rings is 1. The number of carbonyl (C=O) groups excluding carboxylic acids is 1. The van der Waals surface area contributed by atoms with Crippen LogP contribution in [0.15, 0.2) is 40.4 Å². The van der Waals surface area contributed by atoms with Gasteiger partial charge >= 0.3 is 0 Å². The summed E-state index contributed by atoms with van der Waals surface area (Å²) in [4.78, 5) is 13.8. The molecule has 1 N–H and O–H groups in total. The Morgan fingerprint density at radius 1 is 1.25 bits per heavy atom. The van der Waals surface area contributed by atoms with Crippen molar-refractivity contribution in [1.29, 1.82) is 0 Å². The fourth-order valence-corrected chi connectivity index (χ4v) is 2.96. The van der Waals surface area contributed by atoms with Gasteiger partial charge in [0.1, 0.15) is 17.2 Å². The van der Waals surface area contributed by atoms with Crippen molar-refractivity contribution in [1.82, 2.24) is 10.2 Å². The zero-order valence-electron chi connectivity index (χ0n) is 12.8. The second-order valence-corrected chi connectivity index (χ2v) is 6.48. The highest BCUT2D eigenvalue weighted by Crippen LogP contribution is 2.30. The van der Waals surface area contributed by atoms with Gasteiger partial charge in [-0.2, -0.15) is 0 Å². The first-order chi connectivity index (χ1) is 11.5. The molecule has 0 saturated carbocycles. The first kappa shape index (κ1) is 17.0. The predicted molar refractivity (Wildman–Crippen MR) is 99.9 cm³/mol. The molecule has 3 rings (SSSR count). The molecule has 1 fully saturated rings. The molecule has 0 radical (unpaired) electrons. The summed E-state index contributed by atoms with van der Waals surface area (Å²) in [6, 6.07) is 8.86. The minimum Gasteiger partial charge on any atom is -0.457 e. The van der Waals surface area contributed by atoms with E-state index in [2.05, 4.69) is 5.32 Å². The largest absolute Gasteiger partial charge is 0.457 e. The summed E-state index contributed by atoms with van der Waals surface area (Å²) >= 11 is 17.1. The van der Waals surface area contributed by atoms with E-state index < -0.39 is 0 Å². The van der Waals surface area contributed by atoms with Gasteiger partial charge in [0.25, 0.3) is 5.91 Å². The van der Waals surface area contributed by atoms with E-state index in [1.165, 1.54) is 0 Å². The van der Waals surface area contributed by atoms with E-state index in [9.17, 15) is 4.79 Å². The Labute approximate surface area is 155 Å². The number of hydrogen-bond donors (Lipinski definition) is 1. The highest BCUT2D eigenvalue weighted by molar-refractivity contribution is 7.80. The first-order valence-electron chi connectivity index (χ1n) is 7.39. The summed E-state index contributed by atoms with van der Waals surface area (Å²) in [7, 11) is 0. The van der Waals surface area contributed by atoms with E-state index in [0.29, 0.717) is 38.9 Å². The van der Waals surface area contributed by atoms with Crippen LogP contribution in [0.3, 0.4) is 0 Å². The van der Waals surface area contributed by atoms with Gasteiger partial charge in [-0.05, 0) is 49.0 Å². The summed E-state index contributed by atoms with van der Waals surface area (Å²) in [6.07, 6.45) is 2.48. The topological polar surface area (TPSA) is 45.5 Å². The zero-order chi connectivity index (χ0) is 17.3. The van der Waals surface area contributed by atoms with Crippen molar-refractivity contribution in [2.45, 2.75) is 13.3 Å². The quantitative estimate of drug-likeness (QED) is 0.615. The first-order valence-corrected chi connectivity index (χ1v) is 8.56. The Balaban J connectivity index is 1.85. The van der Waals surface area contributed by atoms with Crippen LogP contribution in [0, 0.1) is 0 Å². The molecule has 24 heavy (non-hydrogen) atoms. The third-order valence-electron chi connectivity index (χ3n) is 3.53. The molecule has 2 aromatic rings. The van der Waals surface area contributed by atoms with Crippen LogP contribution in [0.5, 0.6) is 0 Å².